The first-order valence-electron chi connectivity index (χ1n) is 6.38. The first kappa shape index (κ1) is 14.3. The molecule has 0 saturated carbocycles. The summed E-state index contributed by atoms with van der Waals surface area (Å²) in [6.07, 6.45) is 0. The molecule has 2 heterocycles. The van der Waals surface area contributed by atoms with Crippen LogP contribution in [0.2, 0.25) is 0 Å². The van der Waals surface area contributed by atoms with Crippen LogP contribution in [0.5, 0.6) is 0 Å². The molecule has 0 aromatic carbocycles. The number of halogens is 1. The predicted molar refractivity (Wildman–Crippen MR) is 83.1 cm³/mol. The van der Waals surface area contributed by atoms with Gasteiger partial charge in [0.25, 0.3) is 0 Å². The number of nitrogens with zero attached hydrogens (tertiary/aromatic N) is 5. The van der Waals surface area contributed by atoms with Crippen molar-refractivity contribution in [2.75, 3.05) is 56.6 Å². The summed E-state index contributed by atoms with van der Waals surface area (Å²) in [5, 5.41) is 8.52. The SMILES string of the molecule is C=C(Br)CN1CCN(c2ccc(N(C)C)nn2)CC1. The van der Waals surface area contributed by atoms with Gasteiger partial charge in [-0.15, -0.1) is 10.2 Å². The number of rotatable bonds is 4. The molecular formula is C13H20BrN5. The van der Waals surface area contributed by atoms with Crippen LogP contribution in [-0.2, 0) is 0 Å². The molecule has 2 rings (SSSR count). The molecule has 0 radical (unpaired) electrons. The van der Waals surface area contributed by atoms with Gasteiger partial charge < -0.3 is 9.80 Å². The molecular weight excluding hydrogens is 306 g/mol. The summed E-state index contributed by atoms with van der Waals surface area (Å²) < 4.78 is 1.04. The van der Waals surface area contributed by atoms with E-state index in [-0.39, 0.29) is 0 Å². The molecule has 0 spiro atoms. The fourth-order valence-electron chi connectivity index (χ4n) is 2.10. The maximum Gasteiger partial charge on any atom is 0.151 e. The molecule has 0 N–H and O–H groups in total. The highest BCUT2D eigenvalue weighted by molar-refractivity contribution is 9.11. The van der Waals surface area contributed by atoms with E-state index < -0.39 is 0 Å². The molecule has 0 atom stereocenters. The van der Waals surface area contributed by atoms with E-state index in [1.54, 1.807) is 0 Å². The molecule has 0 amide bonds. The van der Waals surface area contributed by atoms with Crippen LogP contribution in [0.4, 0.5) is 11.6 Å². The minimum Gasteiger partial charge on any atom is -0.361 e. The summed E-state index contributed by atoms with van der Waals surface area (Å²) in [7, 11) is 3.94. The van der Waals surface area contributed by atoms with E-state index in [9.17, 15) is 0 Å². The zero-order chi connectivity index (χ0) is 13.8. The summed E-state index contributed by atoms with van der Waals surface area (Å²) >= 11 is 3.41. The third-order valence-corrected chi connectivity index (χ3v) is 3.44. The summed E-state index contributed by atoms with van der Waals surface area (Å²) in [6, 6.07) is 4.05. The molecule has 5 nitrogen and oxygen atoms in total. The van der Waals surface area contributed by atoms with Crippen molar-refractivity contribution >= 4 is 27.6 Å². The molecule has 0 unspecified atom stereocenters. The first-order chi connectivity index (χ1) is 9.06. The minimum atomic E-state index is 0.887. The summed E-state index contributed by atoms with van der Waals surface area (Å²) in [6.45, 7) is 8.83. The van der Waals surface area contributed by atoms with Crippen molar-refractivity contribution in [3.05, 3.63) is 23.2 Å². The van der Waals surface area contributed by atoms with Crippen molar-refractivity contribution in [1.29, 1.82) is 0 Å². The zero-order valence-corrected chi connectivity index (χ0v) is 13.1. The van der Waals surface area contributed by atoms with Crippen LogP contribution in [0, 0.1) is 0 Å². The molecule has 0 bridgehead atoms. The number of piperazine rings is 1. The van der Waals surface area contributed by atoms with Gasteiger partial charge in [-0.25, -0.2) is 0 Å². The van der Waals surface area contributed by atoms with Gasteiger partial charge in [0.1, 0.15) is 0 Å². The molecule has 0 aliphatic carbocycles. The normalized spacial score (nSPS) is 16.5. The summed E-state index contributed by atoms with van der Waals surface area (Å²) in [5.74, 6) is 1.85. The van der Waals surface area contributed by atoms with Crippen LogP contribution < -0.4 is 9.80 Å². The highest BCUT2D eigenvalue weighted by Crippen LogP contribution is 2.16. The third-order valence-electron chi connectivity index (χ3n) is 3.19. The number of aromatic nitrogens is 2. The van der Waals surface area contributed by atoms with Crippen molar-refractivity contribution in [3.63, 3.8) is 0 Å². The fourth-order valence-corrected chi connectivity index (χ4v) is 2.46. The second kappa shape index (κ2) is 6.34. The molecule has 1 aromatic rings. The molecule has 1 aliphatic heterocycles. The van der Waals surface area contributed by atoms with Crippen LogP contribution in [0.15, 0.2) is 23.2 Å². The highest BCUT2D eigenvalue weighted by Gasteiger charge is 2.18. The van der Waals surface area contributed by atoms with Crippen LogP contribution in [0.1, 0.15) is 0 Å². The quantitative estimate of drug-likeness (QED) is 0.839. The first-order valence-corrected chi connectivity index (χ1v) is 7.17. The van der Waals surface area contributed by atoms with Gasteiger partial charge in [0.15, 0.2) is 11.6 Å². The summed E-state index contributed by atoms with van der Waals surface area (Å²) in [4.78, 5) is 6.62. The lowest BCUT2D eigenvalue weighted by atomic mass is 10.3. The Morgan fingerprint density at radius 2 is 1.95 bits per heavy atom. The van der Waals surface area contributed by atoms with E-state index in [0.29, 0.717) is 0 Å². The van der Waals surface area contributed by atoms with Crippen molar-refractivity contribution in [1.82, 2.24) is 15.1 Å². The minimum absolute atomic E-state index is 0.887. The fraction of sp³-hybridized carbons (Fsp3) is 0.538. The van der Waals surface area contributed by atoms with Gasteiger partial charge in [-0.3, -0.25) is 4.90 Å². The Hall–Kier alpha value is -1.14. The van der Waals surface area contributed by atoms with E-state index in [1.807, 2.05) is 31.1 Å². The Kier molecular flexibility index (Phi) is 4.76. The van der Waals surface area contributed by atoms with Gasteiger partial charge in [0.05, 0.1) is 0 Å². The lowest BCUT2D eigenvalue weighted by molar-refractivity contribution is 0.282. The van der Waals surface area contributed by atoms with E-state index >= 15 is 0 Å². The van der Waals surface area contributed by atoms with Gasteiger partial charge in [-0.2, -0.15) is 0 Å². The Bertz CT molecular complexity index is 423. The topological polar surface area (TPSA) is 35.5 Å². The molecule has 6 heteroatoms. The average molecular weight is 326 g/mol. The van der Waals surface area contributed by atoms with Crippen molar-refractivity contribution in [2.24, 2.45) is 0 Å². The van der Waals surface area contributed by atoms with Crippen LogP contribution >= 0.6 is 15.9 Å². The molecule has 1 fully saturated rings. The van der Waals surface area contributed by atoms with Crippen molar-refractivity contribution in [2.45, 2.75) is 0 Å². The van der Waals surface area contributed by atoms with Gasteiger partial charge in [0.2, 0.25) is 0 Å². The van der Waals surface area contributed by atoms with Gasteiger partial charge in [-0.05, 0) is 12.1 Å². The number of hydrogen-bond donors (Lipinski definition) is 0. The largest absolute Gasteiger partial charge is 0.361 e. The second-order valence-corrected chi connectivity index (χ2v) is 6.05. The third kappa shape index (κ3) is 3.91. The standard InChI is InChI=1S/C13H20BrN5/c1-11(14)10-18-6-8-19(9-7-18)13-5-4-12(15-16-13)17(2)3/h4-5H,1,6-10H2,2-3H3. The Labute approximate surface area is 123 Å². The maximum absolute atomic E-state index is 4.30. The van der Waals surface area contributed by atoms with E-state index in [0.717, 1.165) is 48.8 Å². The van der Waals surface area contributed by atoms with Crippen LogP contribution in [0.25, 0.3) is 0 Å². The van der Waals surface area contributed by atoms with Gasteiger partial charge in [0, 0.05) is 51.3 Å². The molecule has 1 saturated heterocycles. The molecule has 104 valence electrons. The van der Waals surface area contributed by atoms with Crippen molar-refractivity contribution < 1.29 is 0 Å². The van der Waals surface area contributed by atoms with Crippen LogP contribution in [-0.4, -0.2) is 61.9 Å². The second-order valence-electron chi connectivity index (χ2n) is 4.92. The Morgan fingerprint density at radius 1 is 1.26 bits per heavy atom. The van der Waals surface area contributed by atoms with Gasteiger partial charge in [-0.1, -0.05) is 22.5 Å². The average Bonchev–Trinajstić information content (AvgIpc) is 2.39. The van der Waals surface area contributed by atoms with E-state index in [1.165, 1.54) is 0 Å². The Balaban J connectivity index is 1.92. The molecule has 1 aliphatic rings. The predicted octanol–water partition coefficient (Wildman–Crippen LogP) is 1.57. The smallest absolute Gasteiger partial charge is 0.151 e. The van der Waals surface area contributed by atoms with Crippen molar-refractivity contribution in [3.8, 4) is 0 Å². The lowest BCUT2D eigenvalue weighted by Crippen LogP contribution is -2.47. The number of anilines is 2. The monoisotopic (exact) mass is 325 g/mol. The maximum atomic E-state index is 4.30. The summed E-state index contributed by atoms with van der Waals surface area (Å²) in [5.41, 5.74) is 0. The zero-order valence-electron chi connectivity index (χ0n) is 11.5. The highest BCUT2D eigenvalue weighted by atomic mass is 79.9. The van der Waals surface area contributed by atoms with Gasteiger partial charge >= 0.3 is 0 Å². The Morgan fingerprint density at radius 3 is 2.42 bits per heavy atom. The van der Waals surface area contributed by atoms with E-state index in [2.05, 4.69) is 42.5 Å². The molecule has 19 heavy (non-hydrogen) atoms. The number of hydrogen-bond acceptors (Lipinski definition) is 5. The van der Waals surface area contributed by atoms with Crippen LogP contribution in [0.3, 0.4) is 0 Å². The van der Waals surface area contributed by atoms with E-state index in [4.69, 9.17) is 0 Å². The molecule has 1 aromatic heterocycles. The lowest BCUT2D eigenvalue weighted by Gasteiger charge is -2.35.